The van der Waals surface area contributed by atoms with Crippen LogP contribution in [0, 0.1) is 13.8 Å². The normalized spacial score (nSPS) is 11.3. The van der Waals surface area contributed by atoms with E-state index in [0.717, 1.165) is 22.9 Å². The van der Waals surface area contributed by atoms with Gasteiger partial charge in [-0.1, -0.05) is 24.3 Å². The lowest BCUT2D eigenvalue weighted by Crippen LogP contribution is -2.10. The first-order chi connectivity index (χ1) is 13.1. The molecule has 0 amide bonds. The minimum Gasteiger partial charge on any atom is -0.378 e. The summed E-state index contributed by atoms with van der Waals surface area (Å²) >= 11 is 0. The van der Waals surface area contributed by atoms with Crippen LogP contribution in [0.2, 0.25) is 0 Å². The number of nitrogens with one attached hydrogen (secondary N) is 1. The fraction of sp³-hybridized carbons (Fsp3) is 0.227. The highest BCUT2D eigenvalue weighted by atomic mass is 32.2. The Balaban J connectivity index is 1.93. The van der Waals surface area contributed by atoms with Crippen LogP contribution in [0.15, 0.2) is 54.7 Å². The first-order valence-corrected chi connectivity index (χ1v) is 10.9. The van der Waals surface area contributed by atoms with Gasteiger partial charge in [0, 0.05) is 31.5 Å². The fourth-order valence-electron chi connectivity index (χ4n) is 3.18. The van der Waals surface area contributed by atoms with E-state index in [-0.39, 0.29) is 0 Å². The van der Waals surface area contributed by atoms with Crippen molar-refractivity contribution >= 4 is 21.5 Å². The number of aryl methyl sites for hydroxylation is 2. The maximum absolute atomic E-state index is 11.3. The van der Waals surface area contributed by atoms with Gasteiger partial charge in [-0.15, -0.1) is 0 Å². The Morgan fingerprint density at radius 2 is 1.39 bits per heavy atom. The lowest BCUT2D eigenvalue weighted by Gasteiger charge is -2.15. The van der Waals surface area contributed by atoms with Crippen molar-refractivity contribution in [1.82, 2.24) is 4.98 Å². The topological polar surface area (TPSA) is 62.3 Å². The molecule has 0 aliphatic heterocycles. The smallest absolute Gasteiger partial charge is 0.230 e. The van der Waals surface area contributed by atoms with Gasteiger partial charge in [-0.3, -0.25) is 4.72 Å². The van der Waals surface area contributed by atoms with Gasteiger partial charge < -0.3 is 4.90 Å². The molecule has 0 aliphatic carbocycles. The fourth-order valence-corrected chi connectivity index (χ4v) is 3.68. The molecule has 2 aromatic carbocycles. The Hall–Kier alpha value is -2.86. The van der Waals surface area contributed by atoms with E-state index >= 15 is 0 Å². The molecule has 0 saturated heterocycles. The van der Waals surface area contributed by atoms with Crippen LogP contribution in [0.25, 0.3) is 22.3 Å². The molecule has 1 aromatic heterocycles. The summed E-state index contributed by atoms with van der Waals surface area (Å²) in [7, 11) is 0.734. The van der Waals surface area contributed by atoms with Crippen molar-refractivity contribution in [3.8, 4) is 22.3 Å². The minimum absolute atomic E-state index is 0.318. The van der Waals surface area contributed by atoms with Crippen molar-refractivity contribution in [3.63, 3.8) is 0 Å². The summed E-state index contributed by atoms with van der Waals surface area (Å²) in [6, 6.07) is 16.4. The molecule has 0 unspecified atom stereocenters. The van der Waals surface area contributed by atoms with E-state index in [1.165, 1.54) is 22.4 Å². The van der Waals surface area contributed by atoms with E-state index < -0.39 is 10.0 Å². The molecule has 5 nitrogen and oxygen atoms in total. The highest BCUT2D eigenvalue weighted by Gasteiger charge is 2.10. The second-order valence-electron chi connectivity index (χ2n) is 7.23. The zero-order valence-electron chi connectivity index (χ0n) is 16.8. The molecule has 0 atom stereocenters. The standard InChI is InChI=1S/C22H25N3O2S/c1-15-13-21(18-8-11-22(23-14-18)24-28(5,26)27)16(2)12-20(15)17-6-9-19(10-7-17)25(3)4/h6-14H,1-5H3,(H,23,24). The van der Waals surface area contributed by atoms with Crippen LogP contribution in [0.4, 0.5) is 11.5 Å². The zero-order valence-corrected chi connectivity index (χ0v) is 17.6. The predicted molar refractivity (Wildman–Crippen MR) is 117 cm³/mol. The molecular formula is C22H25N3O2S. The number of aromatic nitrogens is 1. The monoisotopic (exact) mass is 395 g/mol. The summed E-state index contributed by atoms with van der Waals surface area (Å²) in [4.78, 5) is 6.31. The van der Waals surface area contributed by atoms with Crippen LogP contribution in [0.5, 0.6) is 0 Å². The number of nitrogens with zero attached hydrogens (tertiary/aromatic N) is 2. The molecule has 0 fully saturated rings. The highest BCUT2D eigenvalue weighted by molar-refractivity contribution is 7.92. The van der Waals surface area contributed by atoms with Gasteiger partial charge in [0.05, 0.1) is 6.26 Å². The average molecular weight is 396 g/mol. The maximum Gasteiger partial charge on any atom is 0.230 e. The van der Waals surface area contributed by atoms with Crippen molar-refractivity contribution in [2.24, 2.45) is 0 Å². The predicted octanol–water partition coefficient (Wildman–Crippen LogP) is 4.47. The van der Waals surface area contributed by atoms with E-state index in [9.17, 15) is 8.42 Å². The summed E-state index contributed by atoms with van der Waals surface area (Å²) in [5, 5.41) is 0. The third-order valence-electron chi connectivity index (χ3n) is 4.63. The van der Waals surface area contributed by atoms with Crippen LogP contribution >= 0.6 is 0 Å². The molecule has 1 heterocycles. The van der Waals surface area contributed by atoms with E-state index in [0.29, 0.717) is 5.82 Å². The van der Waals surface area contributed by atoms with Crippen molar-refractivity contribution in [2.45, 2.75) is 13.8 Å². The second kappa shape index (κ2) is 7.64. The Morgan fingerprint density at radius 1 is 0.857 bits per heavy atom. The number of pyridine rings is 1. The SMILES string of the molecule is Cc1cc(-c2ccc(NS(C)(=O)=O)nc2)c(C)cc1-c1ccc(N(C)C)cc1. The quantitative estimate of drug-likeness (QED) is 0.692. The molecule has 146 valence electrons. The maximum atomic E-state index is 11.3. The molecule has 0 radical (unpaired) electrons. The summed E-state index contributed by atoms with van der Waals surface area (Å²) < 4.78 is 25.0. The summed E-state index contributed by atoms with van der Waals surface area (Å²) in [6.45, 7) is 4.18. The van der Waals surface area contributed by atoms with Crippen molar-refractivity contribution in [1.29, 1.82) is 0 Å². The number of hydrogen-bond acceptors (Lipinski definition) is 4. The average Bonchev–Trinajstić information content (AvgIpc) is 2.63. The first-order valence-electron chi connectivity index (χ1n) is 8.97. The first kappa shape index (κ1) is 19.9. The van der Waals surface area contributed by atoms with Crippen LogP contribution in [-0.2, 0) is 10.0 Å². The van der Waals surface area contributed by atoms with E-state index in [4.69, 9.17) is 0 Å². The molecule has 28 heavy (non-hydrogen) atoms. The van der Waals surface area contributed by atoms with Crippen molar-refractivity contribution in [2.75, 3.05) is 30.0 Å². The van der Waals surface area contributed by atoms with E-state index in [1.807, 2.05) is 20.2 Å². The zero-order chi connectivity index (χ0) is 20.5. The van der Waals surface area contributed by atoms with Crippen LogP contribution in [0.3, 0.4) is 0 Å². The summed E-state index contributed by atoms with van der Waals surface area (Å²) in [6.07, 6.45) is 2.81. The molecular weight excluding hydrogens is 370 g/mol. The van der Waals surface area contributed by atoms with Gasteiger partial charge in [0.1, 0.15) is 5.82 Å². The minimum atomic E-state index is -3.33. The third kappa shape index (κ3) is 4.51. The van der Waals surface area contributed by atoms with Gasteiger partial charge in [0.25, 0.3) is 0 Å². The van der Waals surface area contributed by atoms with Gasteiger partial charge in [-0.2, -0.15) is 0 Å². The van der Waals surface area contributed by atoms with Crippen molar-refractivity contribution < 1.29 is 8.42 Å². The van der Waals surface area contributed by atoms with E-state index in [1.54, 1.807) is 12.3 Å². The third-order valence-corrected chi connectivity index (χ3v) is 5.21. The largest absolute Gasteiger partial charge is 0.378 e. The molecule has 0 spiro atoms. The Kier molecular flexibility index (Phi) is 5.42. The molecule has 1 N–H and O–H groups in total. The second-order valence-corrected chi connectivity index (χ2v) is 8.98. The number of anilines is 2. The number of hydrogen-bond donors (Lipinski definition) is 1. The molecule has 3 rings (SSSR count). The Bertz CT molecular complexity index is 1090. The van der Waals surface area contributed by atoms with Gasteiger partial charge in [0.15, 0.2) is 0 Å². The van der Waals surface area contributed by atoms with Crippen LogP contribution in [0.1, 0.15) is 11.1 Å². The van der Waals surface area contributed by atoms with Crippen LogP contribution < -0.4 is 9.62 Å². The molecule has 3 aromatic rings. The molecule has 0 bridgehead atoms. The van der Waals surface area contributed by atoms with Crippen LogP contribution in [-0.4, -0.2) is 33.8 Å². The Labute approximate surface area is 167 Å². The number of rotatable bonds is 5. The van der Waals surface area contributed by atoms with Gasteiger partial charge in [0.2, 0.25) is 10.0 Å². The lowest BCUT2D eigenvalue weighted by atomic mass is 9.92. The molecule has 6 heteroatoms. The van der Waals surface area contributed by atoms with E-state index in [2.05, 4.69) is 64.9 Å². The van der Waals surface area contributed by atoms with Gasteiger partial charge in [-0.05, 0) is 65.9 Å². The van der Waals surface area contributed by atoms with Crippen molar-refractivity contribution in [3.05, 3.63) is 65.9 Å². The number of benzene rings is 2. The number of sulfonamides is 1. The summed E-state index contributed by atoms with van der Waals surface area (Å²) in [5.41, 5.74) is 7.92. The molecule has 0 saturated carbocycles. The van der Waals surface area contributed by atoms with Gasteiger partial charge in [-0.25, -0.2) is 13.4 Å². The summed E-state index contributed by atoms with van der Waals surface area (Å²) in [5.74, 6) is 0.318. The Morgan fingerprint density at radius 3 is 1.86 bits per heavy atom. The van der Waals surface area contributed by atoms with Gasteiger partial charge >= 0.3 is 0 Å². The molecule has 0 aliphatic rings. The highest BCUT2D eigenvalue weighted by Crippen LogP contribution is 2.32. The lowest BCUT2D eigenvalue weighted by molar-refractivity contribution is 0.606.